The van der Waals surface area contributed by atoms with Gasteiger partial charge in [0.15, 0.2) is 0 Å². The lowest BCUT2D eigenvalue weighted by Gasteiger charge is -2.07. The zero-order valence-electron chi connectivity index (χ0n) is 12.4. The Morgan fingerprint density at radius 2 is 1.85 bits per heavy atom. The number of amides is 1. The van der Waals surface area contributed by atoms with Crippen LogP contribution in [0.15, 0.2) is 23.0 Å². The molecule has 0 radical (unpaired) electrons. The highest BCUT2D eigenvalue weighted by atomic mass is 16.2. The number of aryl methyl sites for hydroxylation is 2. The fourth-order valence-electron chi connectivity index (χ4n) is 2.31. The number of imidazole rings is 1. The van der Waals surface area contributed by atoms with Crippen LogP contribution in [-0.4, -0.2) is 15.0 Å². The van der Waals surface area contributed by atoms with Gasteiger partial charge in [0, 0.05) is 27.1 Å². The van der Waals surface area contributed by atoms with E-state index in [0.29, 0.717) is 18.9 Å². The predicted molar refractivity (Wildman–Crippen MR) is 79.5 cm³/mol. The molecule has 5 nitrogen and oxygen atoms in total. The largest absolute Gasteiger partial charge is 0.352 e. The number of hydrogen-bond acceptors (Lipinski definition) is 2. The molecule has 108 valence electrons. The van der Waals surface area contributed by atoms with E-state index in [4.69, 9.17) is 0 Å². The molecule has 1 aromatic heterocycles. The van der Waals surface area contributed by atoms with Crippen molar-refractivity contribution in [2.45, 2.75) is 26.8 Å². The van der Waals surface area contributed by atoms with Crippen LogP contribution in [0.25, 0.3) is 11.0 Å². The first kappa shape index (κ1) is 14.4. The van der Waals surface area contributed by atoms with Gasteiger partial charge in [-0.3, -0.25) is 13.9 Å². The number of benzene rings is 1. The molecular formula is C15H21N3O2. The molecule has 1 aromatic carbocycles. The molecule has 0 saturated carbocycles. The van der Waals surface area contributed by atoms with Gasteiger partial charge in [0.05, 0.1) is 11.0 Å². The fraction of sp³-hybridized carbons (Fsp3) is 0.467. The van der Waals surface area contributed by atoms with Crippen LogP contribution in [0.1, 0.15) is 25.8 Å². The number of hydrogen-bond donors (Lipinski definition) is 1. The van der Waals surface area contributed by atoms with Crippen LogP contribution in [0, 0.1) is 5.92 Å². The van der Waals surface area contributed by atoms with Crippen molar-refractivity contribution in [1.29, 1.82) is 0 Å². The average molecular weight is 275 g/mol. The average Bonchev–Trinajstić information content (AvgIpc) is 2.61. The van der Waals surface area contributed by atoms with Crippen LogP contribution in [0.4, 0.5) is 0 Å². The summed E-state index contributed by atoms with van der Waals surface area (Å²) in [6, 6.07) is 5.81. The van der Waals surface area contributed by atoms with E-state index < -0.39 is 0 Å². The summed E-state index contributed by atoms with van der Waals surface area (Å²) in [7, 11) is 3.51. The summed E-state index contributed by atoms with van der Waals surface area (Å²) in [5.41, 5.74) is 2.74. The predicted octanol–water partition coefficient (Wildman–Crippen LogP) is 1.54. The highest BCUT2D eigenvalue weighted by Gasteiger charge is 2.09. The molecule has 0 aliphatic carbocycles. The number of carbonyl (C=O) groups excluding carboxylic acids is 1. The van der Waals surface area contributed by atoms with Crippen molar-refractivity contribution in [3.05, 3.63) is 34.2 Å². The van der Waals surface area contributed by atoms with E-state index in [1.165, 1.54) is 0 Å². The van der Waals surface area contributed by atoms with E-state index in [9.17, 15) is 9.59 Å². The summed E-state index contributed by atoms with van der Waals surface area (Å²) in [4.78, 5) is 23.5. The first-order chi connectivity index (χ1) is 9.40. The Hall–Kier alpha value is -2.04. The molecule has 2 aromatic rings. The summed E-state index contributed by atoms with van der Waals surface area (Å²) in [6.07, 6.45) is 0.534. The second-order valence-electron chi connectivity index (χ2n) is 5.60. The van der Waals surface area contributed by atoms with Gasteiger partial charge in [-0.2, -0.15) is 0 Å². The van der Waals surface area contributed by atoms with Crippen LogP contribution in [0.3, 0.4) is 0 Å². The van der Waals surface area contributed by atoms with Crippen LogP contribution in [0.5, 0.6) is 0 Å². The smallest absolute Gasteiger partial charge is 0.328 e. The number of aromatic nitrogens is 2. The van der Waals surface area contributed by atoms with Crippen LogP contribution in [-0.2, 0) is 25.4 Å². The van der Waals surface area contributed by atoms with Gasteiger partial charge in [0.1, 0.15) is 0 Å². The highest BCUT2D eigenvalue weighted by Crippen LogP contribution is 2.14. The molecule has 0 aliphatic rings. The summed E-state index contributed by atoms with van der Waals surface area (Å²) in [5, 5.41) is 2.90. The fourth-order valence-corrected chi connectivity index (χ4v) is 2.31. The van der Waals surface area contributed by atoms with E-state index in [1.807, 2.05) is 32.0 Å². The van der Waals surface area contributed by atoms with Gasteiger partial charge in [0.25, 0.3) is 0 Å². The van der Waals surface area contributed by atoms with Gasteiger partial charge in [-0.1, -0.05) is 19.9 Å². The molecule has 1 amide bonds. The molecule has 0 fully saturated rings. The Bertz CT molecular complexity index is 695. The van der Waals surface area contributed by atoms with Gasteiger partial charge in [-0.05, 0) is 23.6 Å². The van der Waals surface area contributed by atoms with Crippen molar-refractivity contribution in [2.75, 3.05) is 0 Å². The number of rotatable bonds is 4. The standard InChI is InChI=1S/C15H21N3O2/c1-10(2)7-14(19)16-9-11-5-6-12-13(8-11)18(4)15(20)17(12)3/h5-6,8,10H,7,9H2,1-4H3,(H,16,19). The first-order valence-electron chi connectivity index (χ1n) is 6.81. The van der Waals surface area contributed by atoms with Gasteiger partial charge < -0.3 is 5.32 Å². The van der Waals surface area contributed by atoms with Crippen LogP contribution in [0.2, 0.25) is 0 Å². The molecule has 0 saturated heterocycles. The van der Waals surface area contributed by atoms with Gasteiger partial charge in [-0.15, -0.1) is 0 Å². The lowest BCUT2D eigenvalue weighted by Crippen LogP contribution is -2.23. The van der Waals surface area contributed by atoms with Crippen LogP contribution >= 0.6 is 0 Å². The lowest BCUT2D eigenvalue weighted by molar-refractivity contribution is -0.121. The second-order valence-corrected chi connectivity index (χ2v) is 5.60. The zero-order valence-corrected chi connectivity index (χ0v) is 12.4. The molecule has 0 spiro atoms. The molecule has 5 heteroatoms. The van der Waals surface area contributed by atoms with E-state index in [0.717, 1.165) is 16.6 Å². The van der Waals surface area contributed by atoms with E-state index >= 15 is 0 Å². The Labute approximate surface area is 118 Å². The Kier molecular flexibility index (Phi) is 3.97. The van der Waals surface area contributed by atoms with Crippen molar-refractivity contribution in [3.63, 3.8) is 0 Å². The van der Waals surface area contributed by atoms with Crippen molar-refractivity contribution in [2.24, 2.45) is 20.0 Å². The maximum Gasteiger partial charge on any atom is 0.328 e. The third-order valence-corrected chi connectivity index (χ3v) is 3.42. The maximum atomic E-state index is 11.8. The second kappa shape index (κ2) is 5.53. The number of carbonyl (C=O) groups is 1. The molecule has 2 rings (SSSR count). The third kappa shape index (κ3) is 2.76. The van der Waals surface area contributed by atoms with Crippen molar-refractivity contribution < 1.29 is 4.79 Å². The quantitative estimate of drug-likeness (QED) is 0.920. The monoisotopic (exact) mass is 275 g/mol. The third-order valence-electron chi connectivity index (χ3n) is 3.42. The van der Waals surface area contributed by atoms with Gasteiger partial charge in [0.2, 0.25) is 5.91 Å². The summed E-state index contributed by atoms with van der Waals surface area (Å²) in [5.74, 6) is 0.412. The lowest BCUT2D eigenvalue weighted by atomic mass is 10.1. The Morgan fingerprint density at radius 3 is 2.50 bits per heavy atom. The summed E-state index contributed by atoms with van der Waals surface area (Å²) >= 11 is 0. The van der Waals surface area contributed by atoms with Gasteiger partial charge in [-0.25, -0.2) is 4.79 Å². The molecule has 20 heavy (non-hydrogen) atoms. The minimum Gasteiger partial charge on any atom is -0.352 e. The Morgan fingerprint density at radius 1 is 1.20 bits per heavy atom. The zero-order chi connectivity index (χ0) is 14.9. The number of fused-ring (bicyclic) bond motifs is 1. The van der Waals surface area contributed by atoms with Gasteiger partial charge >= 0.3 is 5.69 Å². The molecule has 0 bridgehead atoms. The molecule has 0 unspecified atom stereocenters. The molecule has 1 heterocycles. The van der Waals surface area contributed by atoms with Crippen molar-refractivity contribution >= 4 is 16.9 Å². The molecule has 0 atom stereocenters. The van der Waals surface area contributed by atoms with Crippen molar-refractivity contribution in [1.82, 2.24) is 14.5 Å². The topological polar surface area (TPSA) is 56.0 Å². The molecule has 1 N–H and O–H groups in total. The van der Waals surface area contributed by atoms with Crippen LogP contribution < -0.4 is 11.0 Å². The maximum absolute atomic E-state index is 11.8. The van der Waals surface area contributed by atoms with E-state index in [1.54, 1.807) is 23.2 Å². The minimum atomic E-state index is -0.0407. The molecule has 0 aliphatic heterocycles. The van der Waals surface area contributed by atoms with Crippen molar-refractivity contribution in [3.8, 4) is 0 Å². The van der Waals surface area contributed by atoms with E-state index in [2.05, 4.69) is 5.32 Å². The summed E-state index contributed by atoms with van der Waals surface area (Å²) < 4.78 is 3.24. The highest BCUT2D eigenvalue weighted by molar-refractivity contribution is 5.78. The first-order valence-corrected chi connectivity index (χ1v) is 6.81. The Balaban J connectivity index is 2.18. The van der Waals surface area contributed by atoms with E-state index in [-0.39, 0.29) is 11.6 Å². The summed E-state index contributed by atoms with van der Waals surface area (Å²) in [6.45, 7) is 4.53. The number of nitrogens with one attached hydrogen (secondary N) is 1. The normalized spacial score (nSPS) is 11.2. The number of nitrogens with zero attached hydrogens (tertiary/aromatic N) is 2. The molecular weight excluding hydrogens is 254 g/mol. The SMILES string of the molecule is CC(C)CC(=O)NCc1ccc2c(c1)n(C)c(=O)n2C. The minimum absolute atomic E-state index is 0.0407.